The van der Waals surface area contributed by atoms with E-state index in [1.807, 2.05) is 12.3 Å². The summed E-state index contributed by atoms with van der Waals surface area (Å²) in [6, 6.07) is 13.2. The second kappa shape index (κ2) is 6.67. The predicted molar refractivity (Wildman–Crippen MR) is 85.0 cm³/mol. The molecule has 106 valence electrons. The zero-order valence-corrected chi connectivity index (χ0v) is 12.9. The van der Waals surface area contributed by atoms with E-state index >= 15 is 0 Å². The Morgan fingerprint density at radius 1 is 1.10 bits per heavy atom. The Balaban J connectivity index is 2.35. The van der Waals surface area contributed by atoms with Crippen LogP contribution in [0.2, 0.25) is 0 Å². The van der Waals surface area contributed by atoms with Gasteiger partial charge in [0.25, 0.3) is 0 Å². The second-order valence-corrected chi connectivity index (χ2v) is 5.50. The van der Waals surface area contributed by atoms with E-state index in [0.717, 1.165) is 12.2 Å². The Morgan fingerprint density at radius 2 is 1.80 bits per heavy atom. The van der Waals surface area contributed by atoms with Crippen molar-refractivity contribution in [2.45, 2.75) is 39.7 Å². The zero-order chi connectivity index (χ0) is 14.5. The van der Waals surface area contributed by atoms with Gasteiger partial charge in [-0.25, -0.2) is 0 Å². The average Bonchev–Trinajstić information content (AvgIpc) is 2.44. The van der Waals surface area contributed by atoms with Crippen LogP contribution in [0, 0.1) is 13.8 Å². The van der Waals surface area contributed by atoms with Crippen molar-refractivity contribution in [3.8, 4) is 0 Å². The molecular weight excluding hydrogens is 244 g/mol. The quantitative estimate of drug-likeness (QED) is 0.881. The third-order valence-corrected chi connectivity index (χ3v) is 3.68. The first-order valence-corrected chi connectivity index (χ1v) is 7.34. The molecular formula is C18H24N2. The normalized spacial score (nSPS) is 14.0. The molecule has 0 amide bonds. The molecule has 0 aliphatic heterocycles. The van der Waals surface area contributed by atoms with Gasteiger partial charge in [-0.05, 0) is 38.1 Å². The molecule has 0 radical (unpaired) electrons. The van der Waals surface area contributed by atoms with Gasteiger partial charge in [-0.2, -0.15) is 0 Å². The van der Waals surface area contributed by atoms with Crippen molar-refractivity contribution in [3.05, 3.63) is 65.0 Å². The van der Waals surface area contributed by atoms with Crippen molar-refractivity contribution < 1.29 is 0 Å². The van der Waals surface area contributed by atoms with E-state index in [1.165, 1.54) is 16.7 Å². The molecule has 0 bridgehead atoms. The van der Waals surface area contributed by atoms with Crippen LogP contribution in [0.15, 0.2) is 42.6 Å². The molecule has 2 aromatic rings. The van der Waals surface area contributed by atoms with E-state index in [2.05, 4.69) is 68.3 Å². The van der Waals surface area contributed by atoms with Gasteiger partial charge in [0.1, 0.15) is 0 Å². The summed E-state index contributed by atoms with van der Waals surface area (Å²) in [5.41, 5.74) is 5.12. The van der Waals surface area contributed by atoms with Gasteiger partial charge in [-0.3, -0.25) is 4.98 Å². The van der Waals surface area contributed by atoms with E-state index < -0.39 is 0 Å². The summed E-state index contributed by atoms with van der Waals surface area (Å²) in [5.74, 6) is 0.345. The molecule has 2 nitrogen and oxygen atoms in total. The number of aryl methyl sites for hydroxylation is 2. The third-order valence-electron chi connectivity index (χ3n) is 3.68. The number of likely N-dealkylation sites (N-methyl/N-ethyl adjacent to an activating group) is 1. The molecule has 1 aromatic heterocycles. The highest BCUT2D eigenvalue weighted by Gasteiger charge is 2.21. The molecule has 0 aliphatic carbocycles. The van der Waals surface area contributed by atoms with Crippen LogP contribution in [0.25, 0.3) is 0 Å². The topological polar surface area (TPSA) is 24.9 Å². The van der Waals surface area contributed by atoms with Crippen molar-refractivity contribution in [2.75, 3.05) is 6.54 Å². The van der Waals surface area contributed by atoms with Gasteiger partial charge in [0, 0.05) is 23.9 Å². The van der Waals surface area contributed by atoms with Gasteiger partial charge < -0.3 is 5.32 Å². The molecule has 2 rings (SSSR count). The van der Waals surface area contributed by atoms with Gasteiger partial charge in [-0.1, -0.05) is 49.2 Å². The standard InChI is InChI=1S/C18H24N2/c1-5-19-18(15(4)17-8-6-7-9-20-17)16-11-13(2)10-14(3)12-16/h6-12,15,18-19H,5H2,1-4H3. The fourth-order valence-electron chi connectivity index (χ4n) is 2.81. The Labute approximate surface area is 122 Å². The number of hydrogen-bond donors (Lipinski definition) is 1. The first-order valence-electron chi connectivity index (χ1n) is 7.34. The largest absolute Gasteiger partial charge is 0.310 e. The van der Waals surface area contributed by atoms with Crippen molar-refractivity contribution in [1.29, 1.82) is 0 Å². The molecule has 0 aliphatic rings. The molecule has 2 unspecified atom stereocenters. The Morgan fingerprint density at radius 3 is 2.35 bits per heavy atom. The molecule has 2 atom stereocenters. The van der Waals surface area contributed by atoms with Crippen LogP contribution in [0.1, 0.15) is 48.2 Å². The maximum atomic E-state index is 4.51. The lowest BCUT2D eigenvalue weighted by Gasteiger charge is -2.25. The molecule has 0 saturated heterocycles. The van der Waals surface area contributed by atoms with Gasteiger partial charge in [0.2, 0.25) is 0 Å². The molecule has 2 heteroatoms. The molecule has 1 heterocycles. The second-order valence-electron chi connectivity index (χ2n) is 5.50. The molecule has 0 fully saturated rings. The van der Waals surface area contributed by atoms with E-state index in [0.29, 0.717) is 12.0 Å². The minimum absolute atomic E-state index is 0.300. The zero-order valence-electron chi connectivity index (χ0n) is 12.9. The summed E-state index contributed by atoms with van der Waals surface area (Å²) in [6.45, 7) is 9.67. The number of hydrogen-bond acceptors (Lipinski definition) is 2. The fourth-order valence-corrected chi connectivity index (χ4v) is 2.81. The van der Waals surface area contributed by atoms with E-state index in [4.69, 9.17) is 0 Å². The molecule has 20 heavy (non-hydrogen) atoms. The van der Waals surface area contributed by atoms with Crippen LogP contribution < -0.4 is 5.32 Å². The summed E-state index contributed by atoms with van der Waals surface area (Å²) >= 11 is 0. The Bertz CT molecular complexity index is 528. The molecule has 1 aromatic carbocycles. The highest BCUT2D eigenvalue weighted by Crippen LogP contribution is 2.30. The average molecular weight is 268 g/mol. The van der Waals surface area contributed by atoms with E-state index in [1.54, 1.807) is 0 Å². The number of rotatable bonds is 5. The number of nitrogens with zero attached hydrogens (tertiary/aromatic N) is 1. The van der Waals surface area contributed by atoms with E-state index in [9.17, 15) is 0 Å². The molecule has 0 saturated carbocycles. The maximum absolute atomic E-state index is 4.51. The minimum atomic E-state index is 0.300. The number of aromatic nitrogens is 1. The number of benzene rings is 1. The number of nitrogens with one attached hydrogen (secondary N) is 1. The van der Waals surface area contributed by atoms with Crippen LogP contribution in [-0.2, 0) is 0 Å². The first-order chi connectivity index (χ1) is 9.61. The lowest BCUT2D eigenvalue weighted by molar-refractivity contribution is 0.471. The van der Waals surface area contributed by atoms with Crippen molar-refractivity contribution in [1.82, 2.24) is 10.3 Å². The predicted octanol–water partition coefficient (Wildman–Crippen LogP) is 4.15. The fraction of sp³-hybridized carbons (Fsp3) is 0.389. The van der Waals surface area contributed by atoms with Gasteiger partial charge >= 0.3 is 0 Å². The van der Waals surface area contributed by atoms with Gasteiger partial charge in [0.15, 0.2) is 0 Å². The van der Waals surface area contributed by atoms with Crippen molar-refractivity contribution >= 4 is 0 Å². The SMILES string of the molecule is CCNC(c1cc(C)cc(C)c1)C(C)c1ccccn1. The highest BCUT2D eigenvalue weighted by atomic mass is 14.9. The van der Waals surface area contributed by atoms with Gasteiger partial charge in [0.05, 0.1) is 0 Å². The van der Waals surface area contributed by atoms with Crippen LogP contribution in [0.3, 0.4) is 0 Å². The van der Waals surface area contributed by atoms with E-state index in [-0.39, 0.29) is 0 Å². The van der Waals surface area contributed by atoms with Crippen LogP contribution >= 0.6 is 0 Å². The highest BCUT2D eigenvalue weighted by molar-refractivity contribution is 5.32. The van der Waals surface area contributed by atoms with Crippen LogP contribution in [0.5, 0.6) is 0 Å². The molecule has 1 N–H and O–H groups in total. The molecule has 0 spiro atoms. The summed E-state index contributed by atoms with van der Waals surface area (Å²) in [4.78, 5) is 4.51. The van der Waals surface area contributed by atoms with Gasteiger partial charge in [-0.15, -0.1) is 0 Å². The third kappa shape index (κ3) is 3.45. The number of pyridine rings is 1. The summed E-state index contributed by atoms with van der Waals surface area (Å²) in [6.07, 6.45) is 1.87. The lowest BCUT2D eigenvalue weighted by atomic mass is 9.89. The van der Waals surface area contributed by atoms with Crippen LogP contribution in [-0.4, -0.2) is 11.5 Å². The van der Waals surface area contributed by atoms with Crippen molar-refractivity contribution in [3.63, 3.8) is 0 Å². The smallest absolute Gasteiger partial charge is 0.0450 e. The lowest BCUT2D eigenvalue weighted by Crippen LogP contribution is -2.26. The summed E-state index contributed by atoms with van der Waals surface area (Å²) < 4.78 is 0. The monoisotopic (exact) mass is 268 g/mol. The Hall–Kier alpha value is -1.67. The summed E-state index contributed by atoms with van der Waals surface area (Å²) in [5, 5.41) is 3.61. The van der Waals surface area contributed by atoms with Crippen molar-refractivity contribution in [2.24, 2.45) is 0 Å². The summed E-state index contributed by atoms with van der Waals surface area (Å²) in [7, 11) is 0. The van der Waals surface area contributed by atoms with Crippen LogP contribution in [0.4, 0.5) is 0 Å². The maximum Gasteiger partial charge on any atom is 0.0450 e. The minimum Gasteiger partial charge on any atom is -0.310 e. The Kier molecular flexibility index (Phi) is 4.91. The first kappa shape index (κ1) is 14.7.